The first-order chi connectivity index (χ1) is 15.0. The number of carbonyl (C=O) groups excluding carboxylic acids is 1. The summed E-state index contributed by atoms with van der Waals surface area (Å²) in [4.78, 5) is 15.7. The highest BCUT2D eigenvalue weighted by molar-refractivity contribution is 5.94. The molecule has 1 saturated heterocycles. The van der Waals surface area contributed by atoms with Crippen LogP contribution in [0.4, 0.5) is 4.39 Å². The summed E-state index contributed by atoms with van der Waals surface area (Å²) in [6.45, 7) is 6.50. The van der Waals surface area contributed by atoms with E-state index in [1.54, 1.807) is 37.6 Å². The van der Waals surface area contributed by atoms with Gasteiger partial charge in [-0.1, -0.05) is 0 Å². The lowest BCUT2D eigenvalue weighted by Crippen LogP contribution is -2.51. The molecule has 0 N–H and O–H groups in total. The first kappa shape index (κ1) is 21.1. The standard InChI is InChI=1S/C23H27FN4O3/c1-17(29)18-5-7-22(23(14-18)30-2)31-13-3-8-26-9-11-27(12-10-26)28-21-15-20(24)6-4-19(21)16-25-28/h4-7,14-16H,3,8-13H2,1-2H3. The Bertz CT molecular complexity index is 1060. The molecule has 0 saturated carbocycles. The minimum atomic E-state index is -0.250. The van der Waals surface area contributed by atoms with Gasteiger partial charge in [0, 0.05) is 49.7 Å². The topological polar surface area (TPSA) is 59.8 Å². The predicted molar refractivity (Wildman–Crippen MR) is 117 cm³/mol. The molecule has 7 nitrogen and oxygen atoms in total. The van der Waals surface area contributed by atoms with E-state index in [9.17, 15) is 9.18 Å². The van der Waals surface area contributed by atoms with Crippen LogP contribution in [0.3, 0.4) is 0 Å². The van der Waals surface area contributed by atoms with Crippen molar-refractivity contribution in [2.45, 2.75) is 13.3 Å². The van der Waals surface area contributed by atoms with Gasteiger partial charge in [0.25, 0.3) is 0 Å². The molecule has 2 heterocycles. The molecule has 2 aromatic carbocycles. The number of Topliss-reactive ketones (excluding diaryl/α,β-unsaturated/α-hetero) is 1. The van der Waals surface area contributed by atoms with Crippen LogP contribution in [0.1, 0.15) is 23.7 Å². The number of rotatable bonds is 8. The highest BCUT2D eigenvalue weighted by Gasteiger charge is 2.19. The van der Waals surface area contributed by atoms with Crippen molar-refractivity contribution < 1.29 is 18.7 Å². The number of carbonyl (C=O) groups is 1. The Morgan fingerprint density at radius 1 is 1.10 bits per heavy atom. The maximum absolute atomic E-state index is 13.6. The lowest BCUT2D eigenvalue weighted by molar-refractivity contribution is 0.101. The average molecular weight is 426 g/mol. The van der Waals surface area contributed by atoms with Gasteiger partial charge in [0.15, 0.2) is 17.3 Å². The summed E-state index contributed by atoms with van der Waals surface area (Å²) in [7, 11) is 1.57. The van der Waals surface area contributed by atoms with E-state index in [0.717, 1.165) is 50.0 Å². The van der Waals surface area contributed by atoms with Crippen molar-refractivity contribution in [3.05, 3.63) is 54.0 Å². The maximum atomic E-state index is 13.6. The first-order valence-corrected chi connectivity index (χ1v) is 10.5. The Kier molecular flexibility index (Phi) is 6.36. The van der Waals surface area contributed by atoms with Crippen LogP contribution in [0.25, 0.3) is 10.9 Å². The second-order valence-corrected chi connectivity index (χ2v) is 7.66. The molecule has 0 atom stereocenters. The van der Waals surface area contributed by atoms with Crippen LogP contribution in [0, 0.1) is 5.82 Å². The third kappa shape index (κ3) is 4.80. The van der Waals surface area contributed by atoms with Crippen LogP contribution in [0.15, 0.2) is 42.6 Å². The molecule has 164 valence electrons. The third-order valence-electron chi connectivity index (χ3n) is 5.58. The van der Waals surface area contributed by atoms with Gasteiger partial charge in [-0.2, -0.15) is 9.89 Å². The Labute approximate surface area is 180 Å². The van der Waals surface area contributed by atoms with E-state index in [0.29, 0.717) is 23.7 Å². The maximum Gasteiger partial charge on any atom is 0.161 e. The monoisotopic (exact) mass is 426 g/mol. The Hall–Kier alpha value is -3.13. The summed E-state index contributed by atoms with van der Waals surface area (Å²) >= 11 is 0. The van der Waals surface area contributed by atoms with E-state index in [2.05, 4.69) is 15.0 Å². The lowest BCUT2D eigenvalue weighted by atomic mass is 10.1. The van der Waals surface area contributed by atoms with Crippen LogP contribution < -0.4 is 14.5 Å². The number of ether oxygens (including phenoxy) is 2. The zero-order valence-corrected chi connectivity index (χ0v) is 17.9. The predicted octanol–water partition coefficient (Wildman–Crippen LogP) is 3.11. The fourth-order valence-electron chi connectivity index (χ4n) is 3.83. The SMILES string of the molecule is COc1cc(C(C)=O)ccc1OCCCN1CCN(n2ncc3ccc(F)cc32)CC1. The fourth-order valence-corrected chi connectivity index (χ4v) is 3.83. The summed E-state index contributed by atoms with van der Waals surface area (Å²) in [5.41, 5.74) is 1.40. The largest absolute Gasteiger partial charge is 0.493 e. The summed E-state index contributed by atoms with van der Waals surface area (Å²) in [5, 5.41) is 7.52. The van der Waals surface area contributed by atoms with E-state index in [-0.39, 0.29) is 11.6 Å². The van der Waals surface area contributed by atoms with Crippen molar-refractivity contribution in [1.29, 1.82) is 0 Å². The van der Waals surface area contributed by atoms with Gasteiger partial charge in [-0.15, -0.1) is 0 Å². The van der Waals surface area contributed by atoms with Crippen molar-refractivity contribution in [1.82, 2.24) is 14.8 Å². The van der Waals surface area contributed by atoms with Crippen LogP contribution in [0.2, 0.25) is 0 Å². The van der Waals surface area contributed by atoms with Gasteiger partial charge < -0.3 is 9.47 Å². The molecular formula is C23H27FN4O3. The molecule has 4 rings (SSSR count). The number of benzene rings is 2. The number of methoxy groups -OCH3 is 1. The van der Waals surface area contributed by atoms with E-state index >= 15 is 0 Å². The number of nitrogens with zero attached hydrogens (tertiary/aromatic N) is 4. The van der Waals surface area contributed by atoms with Gasteiger partial charge in [0.2, 0.25) is 0 Å². The first-order valence-electron chi connectivity index (χ1n) is 10.5. The minimum absolute atomic E-state index is 0.00256. The summed E-state index contributed by atoms with van der Waals surface area (Å²) in [5.74, 6) is 0.969. The van der Waals surface area contributed by atoms with Gasteiger partial charge in [-0.25, -0.2) is 4.39 Å². The summed E-state index contributed by atoms with van der Waals surface area (Å²) in [6.07, 6.45) is 2.66. The molecule has 0 unspecified atom stereocenters. The van der Waals surface area contributed by atoms with E-state index in [1.165, 1.54) is 19.1 Å². The number of hydrogen-bond donors (Lipinski definition) is 0. The molecule has 1 aliphatic rings. The van der Waals surface area contributed by atoms with Crippen molar-refractivity contribution in [3.63, 3.8) is 0 Å². The summed E-state index contributed by atoms with van der Waals surface area (Å²) < 4.78 is 24.8. The molecular weight excluding hydrogens is 399 g/mol. The number of aromatic nitrogens is 2. The third-order valence-corrected chi connectivity index (χ3v) is 5.58. The van der Waals surface area contributed by atoms with Gasteiger partial charge in [0.1, 0.15) is 5.82 Å². The Balaban J connectivity index is 1.25. The van der Waals surface area contributed by atoms with E-state index in [4.69, 9.17) is 9.47 Å². The van der Waals surface area contributed by atoms with Crippen LogP contribution in [-0.2, 0) is 0 Å². The molecule has 1 aromatic heterocycles. The molecule has 0 spiro atoms. The van der Waals surface area contributed by atoms with Crippen LogP contribution in [-0.4, -0.2) is 67.0 Å². The molecule has 1 aliphatic heterocycles. The number of ketones is 1. The molecule has 8 heteroatoms. The molecule has 0 bridgehead atoms. The molecule has 3 aromatic rings. The quantitative estimate of drug-likeness (QED) is 0.408. The second-order valence-electron chi connectivity index (χ2n) is 7.66. The van der Waals surface area contributed by atoms with Gasteiger partial charge >= 0.3 is 0 Å². The minimum Gasteiger partial charge on any atom is -0.493 e. The molecule has 0 aliphatic carbocycles. The molecule has 1 fully saturated rings. The zero-order chi connectivity index (χ0) is 21.8. The number of fused-ring (bicyclic) bond motifs is 1. The van der Waals surface area contributed by atoms with Crippen molar-refractivity contribution >= 4 is 16.7 Å². The summed E-state index contributed by atoms with van der Waals surface area (Å²) in [6, 6.07) is 10.00. The average Bonchev–Trinajstić information content (AvgIpc) is 3.20. The van der Waals surface area contributed by atoms with Gasteiger partial charge in [-0.05, 0) is 43.7 Å². The van der Waals surface area contributed by atoms with Crippen molar-refractivity contribution in [2.75, 3.05) is 51.4 Å². The molecule has 31 heavy (non-hydrogen) atoms. The molecule has 0 radical (unpaired) electrons. The van der Waals surface area contributed by atoms with Crippen molar-refractivity contribution in [2.24, 2.45) is 0 Å². The van der Waals surface area contributed by atoms with Gasteiger partial charge in [0.05, 0.1) is 25.4 Å². The van der Waals surface area contributed by atoms with Crippen LogP contribution >= 0.6 is 0 Å². The Morgan fingerprint density at radius 2 is 1.90 bits per heavy atom. The van der Waals surface area contributed by atoms with E-state index in [1.807, 2.05) is 4.79 Å². The fraction of sp³-hybridized carbons (Fsp3) is 0.391. The Morgan fingerprint density at radius 3 is 2.65 bits per heavy atom. The molecule has 0 amide bonds. The lowest BCUT2D eigenvalue weighted by Gasteiger charge is -2.35. The van der Waals surface area contributed by atoms with Crippen molar-refractivity contribution in [3.8, 4) is 11.5 Å². The van der Waals surface area contributed by atoms with Crippen LogP contribution in [0.5, 0.6) is 11.5 Å². The van der Waals surface area contributed by atoms with Gasteiger partial charge in [-0.3, -0.25) is 14.7 Å². The highest BCUT2D eigenvalue weighted by Crippen LogP contribution is 2.28. The zero-order valence-electron chi connectivity index (χ0n) is 17.9. The van der Waals surface area contributed by atoms with E-state index < -0.39 is 0 Å². The number of halogens is 1. The second kappa shape index (κ2) is 9.34. The normalized spacial score (nSPS) is 14.7. The number of hydrogen-bond acceptors (Lipinski definition) is 6. The highest BCUT2D eigenvalue weighted by atomic mass is 19.1. The number of piperazine rings is 1. The smallest absolute Gasteiger partial charge is 0.161 e.